The van der Waals surface area contributed by atoms with Gasteiger partial charge in [0.2, 0.25) is 5.91 Å². The van der Waals surface area contributed by atoms with Gasteiger partial charge in [0.25, 0.3) is 0 Å². The average Bonchev–Trinajstić information content (AvgIpc) is 3.24. The molecule has 3 nitrogen and oxygen atoms in total. The van der Waals surface area contributed by atoms with Crippen molar-refractivity contribution < 1.29 is 4.79 Å². The smallest absolute Gasteiger partial charge is 0.228 e. The number of nitrogens with one attached hydrogen (secondary N) is 1. The van der Waals surface area contributed by atoms with Crippen LogP contribution in [-0.2, 0) is 4.79 Å². The Kier molecular flexibility index (Phi) is 3.45. The molecule has 20 heavy (non-hydrogen) atoms. The molecule has 102 valence electrons. The van der Waals surface area contributed by atoms with E-state index in [1.165, 1.54) is 5.56 Å². The average molecular weight is 287 g/mol. The zero-order valence-electron chi connectivity index (χ0n) is 11.1. The largest absolute Gasteiger partial charge is 0.324 e. The van der Waals surface area contributed by atoms with E-state index in [1.807, 2.05) is 31.2 Å². The van der Waals surface area contributed by atoms with Crippen molar-refractivity contribution in [2.24, 2.45) is 5.92 Å². The van der Waals surface area contributed by atoms with Gasteiger partial charge in [-0.15, -0.1) is 0 Å². The number of amides is 1. The molecular formula is C16H15ClN2O. The first kappa shape index (κ1) is 13.1. The van der Waals surface area contributed by atoms with Crippen LogP contribution in [0.1, 0.15) is 23.5 Å². The molecule has 1 aliphatic carbocycles. The Hall–Kier alpha value is -1.87. The molecule has 1 saturated carbocycles. The number of nitrogens with zero attached hydrogens (tertiary/aromatic N) is 1. The Morgan fingerprint density at radius 1 is 1.35 bits per heavy atom. The number of pyridine rings is 1. The zero-order valence-corrected chi connectivity index (χ0v) is 11.9. The molecule has 0 saturated heterocycles. The highest BCUT2D eigenvalue weighted by Crippen LogP contribution is 2.47. The van der Waals surface area contributed by atoms with Gasteiger partial charge in [-0.3, -0.25) is 4.79 Å². The third kappa shape index (κ3) is 2.68. The van der Waals surface area contributed by atoms with Crippen molar-refractivity contribution in [3.63, 3.8) is 0 Å². The fourth-order valence-corrected chi connectivity index (χ4v) is 2.52. The summed E-state index contributed by atoms with van der Waals surface area (Å²) in [5, 5.41) is 3.38. The number of carbonyl (C=O) groups excluding carboxylic acids is 1. The van der Waals surface area contributed by atoms with Crippen LogP contribution in [0.2, 0.25) is 5.15 Å². The molecule has 3 rings (SSSR count). The van der Waals surface area contributed by atoms with Gasteiger partial charge in [-0.1, -0.05) is 41.9 Å². The number of benzene rings is 1. The number of anilines is 1. The highest BCUT2D eigenvalue weighted by molar-refractivity contribution is 6.30. The third-order valence-corrected chi connectivity index (χ3v) is 4.03. The van der Waals surface area contributed by atoms with Crippen LogP contribution in [0.15, 0.2) is 42.6 Å². The number of rotatable bonds is 3. The standard InChI is InChI=1S/C16H15ClN2O/c1-10-7-12(9-18-15(10)17)19-16(20)14-8-13(14)11-5-3-2-4-6-11/h2-7,9,13-14H,8H2,1H3,(H,19,20). The second-order valence-electron chi connectivity index (χ2n) is 5.18. The van der Waals surface area contributed by atoms with E-state index in [9.17, 15) is 4.79 Å². The number of aromatic nitrogens is 1. The van der Waals surface area contributed by atoms with Gasteiger partial charge in [0.05, 0.1) is 11.9 Å². The summed E-state index contributed by atoms with van der Waals surface area (Å²) in [6.45, 7) is 1.87. The minimum Gasteiger partial charge on any atom is -0.324 e. The van der Waals surface area contributed by atoms with Crippen LogP contribution in [0.25, 0.3) is 0 Å². The highest BCUT2D eigenvalue weighted by Gasteiger charge is 2.43. The zero-order chi connectivity index (χ0) is 14.1. The van der Waals surface area contributed by atoms with Gasteiger partial charge < -0.3 is 5.32 Å². The van der Waals surface area contributed by atoms with Crippen molar-refractivity contribution in [2.75, 3.05) is 5.32 Å². The first-order valence-electron chi connectivity index (χ1n) is 6.63. The summed E-state index contributed by atoms with van der Waals surface area (Å²) in [5.41, 5.74) is 2.80. The molecule has 0 spiro atoms. The van der Waals surface area contributed by atoms with E-state index in [1.54, 1.807) is 6.20 Å². The molecule has 1 amide bonds. The number of hydrogen-bond acceptors (Lipinski definition) is 2. The van der Waals surface area contributed by atoms with E-state index in [-0.39, 0.29) is 11.8 Å². The van der Waals surface area contributed by atoms with E-state index in [4.69, 9.17) is 11.6 Å². The Labute approximate surface area is 123 Å². The van der Waals surface area contributed by atoms with E-state index >= 15 is 0 Å². The van der Waals surface area contributed by atoms with E-state index in [0.717, 1.165) is 12.0 Å². The lowest BCUT2D eigenvalue weighted by Gasteiger charge is -2.06. The van der Waals surface area contributed by atoms with Crippen LogP contribution in [0.4, 0.5) is 5.69 Å². The molecule has 1 fully saturated rings. The summed E-state index contributed by atoms with van der Waals surface area (Å²) in [4.78, 5) is 16.2. The van der Waals surface area contributed by atoms with E-state index in [0.29, 0.717) is 16.8 Å². The maximum atomic E-state index is 12.2. The summed E-state index contributed by atoms with van der Waals surface area (Å²) in [5.74, 6) is 0.466. The lowest BCUT2D eigenvalue weighted by Crippen LogP contribution is -2.14. The minimum absolute atomic E-state index is 0.0578. The monoisotopic (exact) mass is 286 g/mol. The van der Waals surface area contributed by atoms with Crippen LogP contribution in [0, 0.1) is 12.8 Å². The number of hydrogen-bond donors (Lipinski definition) is 1. The number of aryl methyl sites for hydroxylation is 1. The summed E-state index contributed by atoms with van der Waals surface area (Å²) < 4.78 is 0. The predicted octanol–water partition coefficient (Wildman–Crippen LogP) is 3.79. The SMILES string of the molecule is Cc1cc(NC(=O)C2CC2c2ccccc2)cnc1Cl. The van der Waals surface area contributed by atoms with Crippen molar-refractivity contribution in [2.45, 2.75) is 19.3 Å². The summed E-state index contributed by atoms with van der Waals surface area (Å²) in [7, 11) is 0. The lowest BCUT2D eigenvalue weighted by molar-refractivity contribution is -0.117. The first-order valence-corrected chi connectivity index (χ1v) is 7.01. The van der Waals surface area contributed by atoms with Crippen LogP contribution < -0.4 is 5.32 Å². The van der Waals surface area contributed by atoms with Gasteiger partial charge in [-0.05, 0) is 36.5 Å². The van der Waals surface area contributed by atoms with E-state index in [2.05, 4.69) is 22.4 Å². The van der Waals surface area contributed by atoms with Crippen LogP contribution in [-0.4, -0.2) is 10.9 Å². The molecule has 0 aliphatic heterocycles. The fourth-order valence-electron chi connectivity index (χ4n) is 2.41. The molecule has 0 radical (unpaired) electrons. The van der Waals surface area contributed by atoms with Gasteiger partial charge >= 0.3 is 0 Å². The second-order valence-corrected chi connectivity index (χ2v) is 5.54. The highest BCUT2D eigenvalue weighted by atomic mass is 35.5. The number of carbonyl (C=O) groups is 1. The molecule has 2 atom stereocenters. The van der Waals surface area contributed by atoms with Crippen molar-refractivity contribution >= 4 is 23.2 Å². The fraction of sp³-hybridized carbons (Fsp3) is 0.250. The Morgan fingerprint density at radius 3 is 2.80 bits per heavy atom. The number of halogens is 1. The minimum atomic E-state index is 0.0578. The topological polar surface area (TPSA) is 42.0 Å². The van der Waals surface area contributed by atoms with E-state index < -0.39 is 0 Å². The normalized spacial score (nSPS) is 20.5. The molecule has 1 aromatic carbocycles. The molecule has 1 aromatic heterocycles. The first-order chi connectivity index (χ1) is 9.65. The van der Waals surface area contributed by atoms with Crippen LogP contribution >= 0.6 is 11.6 Å². The predicted molar refractivity (Wildman–Crippen MR) is 79.9 cm³/mol. The Morgan fingerprint density at radius 2 is 2.10 bits per heavy atom. The molecule has 1 heterocycles. The van der Waals surface area contributed by atoms with Crippen LogP contribution in [0.3, 0.4) is 0 Å². The summed E-state index contributed by atoms with van der Waals surface area (Å²) in [6.07, 6.45) is 2.50. The molecule has 1 aliphatic rings. The van der Waals surface area contributed by atoms with Gasteiger partial charge in [0, 0.05) is 5.92 Å². The van der Waals surface area contributed by atoms with Crippen LogP contribution in [0.5, 0.6) is 0 Å². The summed E-state index contributed by atoms with van der Waals surface area (Å²) in [6, 6.07) is 12.0. The Bertz CT molecular complexity index is 642. The van der Waals surface area contributed by atoms with Crippen molar-refractivity contribution in [3.05, 3.63) is 58.9 Å². The van der Waals surface area contributed by atoms with Gasteiger partial charge in [-0.25, -0.2) is 4.98 Å². The molecule has 0 bridgehead atoms. The molecule has 2 unspecified atom stereocenters. The molecule has 4 heteroatoms. The third-order valence-electron chi connectivity index (χ3n) is 3.64. The lowest BCUT2D eigenvalue weighted by atomic mass is 10.1. The quantitative estimate of drug-likeness (QED) is 0.872. The molecule has 2 aromatic rings. The summed E-state index contributed by atoms with van der Waals surface area (Å²) >= 11 is 5.87. The van der Waals surface area contributed by atoms with Crippen molar-refractivity contribution in [3.8, 4) is 0 Å². The maximum Gasteiger partial charge on any atom is 0.228 e. The van der Waals surface area contributed by atoms with Gasteiger partial charge in [-0.2, -0.15) is 0 Å². The second kappa shape index (κ2) is 5.25. The molecule has 1 N–H and O–H groups in total. The van der Waals surface area contributed by atoms with Gasteiger partial charge in [0.1, 0.15) is 5.15 Å². The molecular weight excluding hydrogens is 272 g/mol. The Balaban J connectivity index is 1.65. The maximum absolute atomic E-state index is 12.2. The van der Waals surface area contributed by atoms with Crippen molar-refractivity contribution in [1.82, 2.24) is 4.98 Å². The van der Waals surface area contributed by atoms with Gasteiger partial charge in [0.15, 0.2) is 0 Å². The van der Waals surface area contributed by atoms with Crippen molar-refractivity contribution in [1.29, 1.82) is 0 Å².